The Bertz CT molecular complexity index is 673. The van der Waals surface area contributed by atoms with E-state index in [1.54, 1.807) is 0 Å². The minimum atomic E-state index is -0.202. The molecule has 0 aromatic carbocycles. The summed E-state index contributed by atoms with van der Waals surface area (Å²) in [7, 11) is 1.41. The molecule has 1 aromatic heterocycles. The van der Waals surface area contributed by atoms with E-state index in [-0.39, 0.29) is 24.0 Å². The summed E-state index contributed by atoms with van der Waals surface area (Å²) in [5.41, 5.74) is 2.32. The molecule has 1 saturated heterocycles. The van der Waals surface area contributed by atoms with Crippen LogP contribution in [0.3, 0.4) is 0 Å². The molecule has 27 heavy (non-hydrogen) atoms. The minimum Gasteiger partial charge on any atom is -0.468 e. The second kappa shape index (κ2) is 9.17. The maximum atomic E-state index is 12.2. The summed E-state index contributed by atoms with van der Waals surface area (Å²) in [6, 6.07) is 4.15. The zero-order chi connectivity index (χ0) is 19.2. The van der Waals surface area contributed by atoms with Gasteiger partial charge in [-0.2, -0.15) is 0 Å². The molecule has 3 rings (SSSR count). The van der Waals surface area contributed by atoms with Crippen LogP contribution in [0, 0.1) is 0 Å². The van der Waals surface area contributed by atoms with Gasteiger partial charge >= 0.3 is 5.97 Å². The van der Waals surface area contributed by atoms with E-state index in [4.69, 9.17) is 4.74 Å². The Morgan fingerprint density at radius 2 is 2.22 bits per heavy atom. The largest absolute Gasteiger partial charge is 0.468 e. The Hall–Kier alpha value is -2.15. The van der Waals surface area contributed by atoms with E-state index in [0.29, 0.717) is 19.5 Å². The monoisotopic (exact) mass is 374 g/mol. The number of hydrogen-bond acceptors (Lipinski definition) is 6. The molecule has 0 aliphatic carbocycles. The highest BCUT2D eigenvalue weighted by atomic mass is 16.5. The Morgan fingerprint density at radius 1 is 1.41 bits per heavy atom. The van der Waals surface area contributed by atoms with Gasteiger partial charge in [-0.25, -0.2) is 4.98 Å². The number of aryl methyl sites for hydroxylation is 2. The normalized spacial score (nSPS) is 18.0. The van der Waals surface area contributed by atoms with Crippen molar-refractivity contribution >= 4 is 17.7 Å². The third-order valence-corrected chi connectivity index (χ3v) is 5.36. The third kappa shape index (κ3) is 4.97. The van der Waals surface area contributed by atoms with Gasteiger partial charge in [0.1, 0.15) is 11.9 Å². The summed E-state index contributed by atoms with van der Waals surface area (Å²) in [5, 5.41) is 6.40. The van der Waals surface area contributed by atoms with Crippen LogP contribution in [0.4, 0.5) is 5.82 Å². The average Bonchev–Trinajstić information content (AvgIpc) is 2.66. The van der Waals surface area contributed by atoms with E-state index in [9.17, 15) is 9.59 Å². The molecule has 0 saturated carbocycles. The lowest BCUT2D eigenvalue weighted by Gasteiger charge is -2.43. The molecular formula is C20H30N4O3. The van der Waals surface area contributed by atoms with Gasteiger partial charge in [0.15, 0.2) is 0 Å². The standard InChI is InChI=1S/C20H30N4O3/c1-3-17(20(26)27-2)24-12-16(13-24)22-18(25)8-4-7-15-10-9-14-6-5-11-21-19(14)23-15/h9-10,16-17H,3-8,11-13H2,1-2H3,(H,21,23)(H,22,25). The zero-order valence-electron chi connectivity index (χ0n) is 16.3. The number of carbonyl (C=O) groups excluding carboxylic acids is 2. The number of rotatable bonds is 8. The predicted octanol–water partition coefficient (Wildman–Crippen LogP) is 1.51. The molecule has 3 heterocycles. The molecule has 0 radical (unpaired) electrons. The van der Waals surface area contributed by atoms with Crippen molar-refractivity contribution in [2.75, 3.05) is 32.1 Å². The number of nitrogens with zero attached hydrogens (tertiary/aromatic N) is 2. The Kier molecular flexibility index (Phi) is 6.66. The Labute approximate surface area is 160 Å². The third-order valence-electron chi connectivity index (χ3n) is 5.36. The van der Waals surface area contributed by atoms with Crippen molar-refractivity contribution in [2.24, 2.45) is 0 Å². The Morgan fingerprint density at radius 3 is 2.96 bits per heavy atom. The van der Waals surface area contributed by atoms with E-state index in [2.05, 4.69) is 32.7 Å². The van der Waals surface area contributed by atoms with Gasteiger partial charge in [-0.3, -0.25) is 14.5 Å². The average molecular weight is 374 g/mol. The molecule has 7 nitrogen and oxygen atoms in total. The number of carbonyl (C=O) groups is 2. The lowest BCUT2D eigenvalue weighted by Crippen LogP contribution is -2.63. The van der Waals surface area contributed by atoms with Gasteiger partial charge in [-0.05, 0) is 43.7 Å². The molecule has 7 heteroatoms. The smallest absolute Gasteiger partial charge is 0.323 e. The highest BCUT2D eigenvalue weighted by molar-refractivity contribution is 5.77. The number of likely N-dealkylation sites (tertiary alicyclic amines) is 1. The van der Waals surface area contributed by atoms with Gasteiger partial charge in [-0.1, -0.05) is 13.0 Å². The van der Waals surface area contributed by atoms with E-state index >= 15 is 0 Å². The summed E-state index contributed by atoms with van der Waals surface area (Å²) in [6.07, 6.45) is 5.05. The number of nitrogens with one attached hydrogen (secondary N) is 2. The van der Waals surface area contributed by atoms with Crippen molar-refractivity contribution < 1.29 is 14.3 Å². The van der Waals surface area contributed by atoms with Gasteiger partial charge in [-0.15, -0.1) is 0 Å². The van der Waals surface area contributed by atoms with Crippen LogP contribution in [0.5, 0.6) is 0 Å². The molecule has 0 spiro atoms. The molecule has 1 fully saturated rings. The molecule has 1 atom stereocenters. The number of methoxy groups -OCH3 is 1. The van der Waals surface area contributed by atoms with Crippen molar-refractivity contribution in [1.29, 1.82) is 0 Å². The van der Waals surface area contributed by atoms with Crippen molar-refractivity contribution in [1.82, 2.24) is 15.2 Å². The first-order valence-electron chi connectivity index (χ1n) is 9.94. The maximum absolute atomic E-state index is 12.2. The summed E-state index contributed by atoms with van der Waals surface area (Å²) >= 11 is 0. The van der Waals surface area contributed by atoms with Crippen LogP contribution in [0.2, 0.25) is 0 Å². The quantitative estimate of drug-likeness (QED) is 0.671. The fourth-order valence-electron chi connectivity index (χ4n) is 3.81. The molecule has 2 N–H and O–H groups in total. The fraction of sp³-hybridized carbons (Fsp3) is 0.650. The van der Waals surface area contributed by atoms with Crippen LogP contribution in [-0.2, 0) is 27.2 Å². The molecule has 2 aliphatic heterocycles. The number of amides is 1. The zero-order valence-corrected chi connectivity index (χ0v) is 16.3. The number of anilines is 1. The molecule has 2 aliphatic rings. The number of pyridine rings is 1. The molecule has 148 valence electrons. The van der Waals surface area contributed by atoms with Gasteiger partial charge in [0.25, 0.3) is 0 Å². The summed E-state index contributed by atoms with van der Waals surface area (Å²) < 4.78 is 4.83. The van der Waals surface area contributed by atoms with Gasteiger partial charge in [0.2, 0.25) is 5.91 Å². The minimum absolute atomic E-state index is 0.0712. The first kappa shape index (κ1) is 19.6. The highest BCUT2D eigenvalue weighted by Gasteiger charge is 2.36. The van der Waals surface area contributed by atoms with Crippen LogP contribution >= 0.6 is 0 Å². The van der Waals surface area contributed by atoms with E-state index < -0.39 is 0 Å². The Balaban J connectivity index is 1.36. The molecular weight excluding hydrogens is 344 g/mol. The predicted molar refractivity (Wildman–Crippen MR) is 104 cm³/mol. The van der Waals surface area contributed by atoms with Crippen LogP contribution in [0.1, 0.15) is 43.9 Å². The number of hydrogen-bond donors (Lipinski definition) is 2. The SMILES string of the molecule is CCC(C(=O)OC)N1CC(NC(=O)CCCc2ccc3c(n2)NCCC3)C1. The summed E-state index contributed by atoms with van der Waals surface area (Å²) in [6.45, 7) is 4.37. The van der Waals surface area contributed by atoms with Crippen molar-refractivity contribution in [3.05, 3.63) is 23.4 Å². The van der Waals surface area contributed by atoms with E-state index in [1.807, 2.05) is 6.92 Å². The van der Waals surface area contributed by atoms with Crippen LogP contribution in [0.15, 0.2) is 12.1 Å². The second-order valence-corrected chi connectivity index (χ2v) is 7.36. The van der Waals surface area contributed by atoms with E-state index in [1.165, 1.54) is 12.7 Å². The molecule has 0 bridgehead atoms. The fourth-order valence-corrected chi connectivity index (χ4v) is 3.81. The lowest BCUT2D eigenvalue weighted by atomic mass is 10.0. The van der Waals surface area contributed by atoms with Crippen molar-refractivity contribution in [3.8, 4) is 0 Å². The van der Waals surface area contributed by atoms with E-state index in [0.717, 1.165) is 50.2 Å². The molecule has 1 unspecified atom stereocenters. The molecule has 1 amide bonds. The first-order chi connectivity index (χ1) is 13.1. The number of fused-ring (bicyclic) bond motifs is 1. The van der Waals surface area contributed by atoms with Crippen LogP contribution < -0.4 is 10.6 Å². The maximum Gasteiger partial charge on any atom is 0.323 e. The highest BCUT2D eigenvalue weighted by Crippen LogP contribution is 2.20. The van der Waals surface area contributed by atoms with Crippen molar-refractivity contribution in [3.63, 3.8) is 0 Å². The lowest BCUT2D eigenvalue weighted by molar-refractivity contribution is -0.149. The molecule has 1 aromatic rings. The number of aromatic nitrogens is 1. The first-order valence-corrected chi connectivity index (χ1v) is 9.94. The van der Waals surface area contributed by atoms with Gasteiger partial charge in [0, 0.05) is 31.7 Å². The topological polar surface area (TPSA) is 83.6 Å². The van der Waals surface area contributed by atoms with Crippen molar-refractivity contribution in [2.45, 2.75) is 57.5 Å². The van der Waals surface area contributed by atoms with Crippen LogP contribution in [0.25, 0.3) is 0 Å². The van der Waals surface area contributed by atoms with Gasteiger partial charge < -0.3 is 15.4 Å². The van der Waals surface area contributed by atoms with Crippen LogP contribution in [-0.4, -0.2) is 60.6 Å². The summed E-state index contributed by atoms with van der Waals surface area (Å²) in [4.78, 5) is 30.6. The number of ether oxygens (including phenoxy) is 1. The second-order valence-electron chi connectivity index (χ2n) is 7.36. The summed E-state index contributed by atoms with van der Waals surface area (Å²) in [5.74, 6) is 0.880. The van der Waals surface area contributed by atoms with Gasteiger partial charge in [0.05, 0.1) is 13.2 Å². The number of esters is 1.